The number of carboxylic acids is 1. The van der Waals surface area contributed by atoms with E-state index in [0.29, 0.717) is 11.4 Å². The number of nitrogens with one attached hydrogen (secondary N) is 1. The Morgan fingerprint density at radius 1 is 1.41 bits per heavy atom. The first-order valence-corrected chi connectivity index (χ1v) is 5.03. The fraction of sp³-hybridized carbons (Fsp3) is 0.273. The third-order valence-corrected chi connectivity index (χ3v) is 1.99. The molecule has 0 aliphatic rings. The molecule has 0 unspecified atom stereocenters. The van der Waals surface area contributed by atoms with E-state index in [1.165, 1.54) is 4.90 Å². The van der Waals surface area contributed by atoms with Crippen LogP contribution < -0.4 is 11.1 Å². The van der Waals surface area contributed by atoms with Gasteiger partial charge in [0.1, 0.15) is 0 Å². The maximum absolute atomic E-state index is 11.5. The first-order chi connectivity index (χ1) is 7.97. The second-order valence-corrected chi connectivity index (χ2v) is 3.74. The molecule has 0 bridgehead atoms. The molecule has 4 N–H and O–H groups in total. The predicted molar refractivity (Wildman–Crippen MR) is 64.6 cm³/mol. The number of carbonyl (C=O) groups excluding carboxylic acids is 1. The van der Waals surface area contributed by atoms with E-state index >= 15 is 0 Å². The van der Waals surface area contributed by atoms with Crippen LogP contribution >= 0.6 is 0 Å². The molecule has 0 aromatic heterocycles. The molecule has 1 amide bonds. The molecule has 0 saturated heterocycles. The van der Waals surface area contributed by atoms with Crippen molar-refractivity contribution in [3.05, 3.63) is 24.3 Å². The van der Waals surface area contributed by atoms with E-state index in [1.54, 1.807) is 31.3 Å². The lowest BCUT2D eigenvalue weighted by molar-refractivity contribution is -0.138. The molecule has 1 aromatic rings. The summed E-state index contributed by atoms with van der Waals surface area (Å²) in [5.41, 5.74) is 6.72. The summed E-state index contributed by atoms with van der Waals surface area (Å²) in [6.45, 7) is -0.161. The number of likely N-dealkylation sites (N-methyl/N-ethyl adjacent to an activating group) is 1. The third-order valence-electron chi connectivity index (χ3n) is 1.99. The van der Waals surface area contributed by atoms with Crippen molar-refractivity contribution in [2.75, 3.05) is 31.2 Å². The number of nitrogens with zero attached hydrogens (tertiary/aromatic N) is 1. The van der Waals surface area contributed by atoms with Crippen LogP contribution in [0.2, 0.25) is 0 Å². The molecule has 17 heavy (non-hydrogen) atoms. The quantitative estimate of drug-likeness (QED) is 0.637. The number of hydrogen-bond donors (Lipinski definition) is 3. The number of rotatable bonds is 5. The summed E-state index contributed by atoms with van der Waals surface area (Å²) < 4.78 is 0. The van der Waals surface area contributed by atoms with Crippen molar-refractivity contribution in [3.8, 4) is 0 Å². The number of hydrogen-bond acceptors (Lipinski definition) is 4. The Morgan fingerprint density at radius 3 is 2.71 bits per heavy atom. The summed E-state index contributed by atoms with van der Waals surface area (Å²) in [7, 11) is 1.56. The zero-order chi connectivity index (χ0) is 12.8. The van der Waals surface area contributed by atoms with E-state index in [9.17, 15) is 9.59 Å². The minimum atomic E-state index is -0.968. The van der Waals surface area contributed by atoms with Crippen LogP contribution in [0, 0.1) is 0 Å². The van der Waals surface area contributed by atoms with Crippen molar-refractivity contribution in [1.82, 2.24) is 4.90 Å². The fourth-order valence-corrected chi connectivity index (χ4v) is 1.35. The molecule has 1 aromatic carbocycles. The van der Waals surface area contributed by atoms with Crippen LogP contribution in [-0.2, 0) is 9.59 Å². The van der Waals surface area contributed by atoms with Crippen molar-refractivity contribution in [3.63, 3.8) is 0 Å². The summed E-state index contributed by atoms with van der Waals surface area (Å²) in [5.74, 6) is -1.25. The molecule has 0 saturated carbocycles. The summed E-state index contributed by atoms with van der Waals surface area (Å²) in [6, 6.07) is 6.79. The Labute approximate surface area is 99.0 Å². The zero-order valence-corrected chi connectivity index (χ0v) is 9.51. The van der Waals surface area contributed by atoms with Gasteiger partial charge in [0, 0.05) is 11.4 Å². The lowest BCUT2D eigenvalue weighted by Crippen LogP contribution is -2.33. The van der Waals surface area contributed by atoms with Crippen molar-refractivity contribution in [2.24, 2.45) is 0 Å². The summed E-state index contributed by atoms with van der Waals surface area (Å²) >= 11 is 0. The highest BCUT2D eigenvalue weighted by molar-refractivity contribution is 5.92. The van der Waals surface area contributed by atoms with Crippen LogP contribution in [-0.4, -0.2) is 42.0 Å². The standard InChI is InChI=1S/C11H15N3O3/c1-14(7-11(16)17)6-10(15)13-9-4-2-3-8(12)5-9/h2-5H,6-7,12H2,1H3,(H,13,15)(H,16,17). The zero-order valence-electron chi connectivity index (χ0n) is 9.51. The van der Waals surface area contributed by atoms with Gasteiger partial charge in [0.2, 0.25) is 5.91 Å². The maximum atomic E-state index is 11.5. The Kier molecular flexibility index (Phi) is 4.47. The lowest BCUT2D eigenvalue weighted by atomic mass is 10.3. The number of carboxylic acid groups (broad SMARTS) is 1. The number of amides is 1. The average Bonchev–Trinajstić information content (AvgIpc) is 2.14. The van der Waals surface area contributed by atoms with Gasteiger partial charge in [-0.15, -0.1) is 0 Å². The molecule has 1 rings (SSSR count). The number of carbonyl (C=O) groups is 2. The van der Waals surface area contributed by atoms with Gasteiger partial charge in [0.25, 0.3) is 0 Å². The van der Waals surface area contributed by atoms with Crippen molar-refractivity contribution in [1.29, 1.82) is 0 Å². The molecule has 92 valence electrons. The summed E-state index contributed by atoms with van der Waals surface area (Å²) in [5, 5.41) is 11.2. The van der Waals surface area contributed by atoms with Crippen LogP contribution in [0.15, 0.2) is 24.3 Å². The van der Waals surface area contributed by atoms with Crippen molar-refractivity contribution < 1.29 is 14.7 Å². The monoisotopic (exact) mass is 237 g/mol. The van der Waals surface area contributed by atoms with E-state index in [-0.39, 0.29) is 19.0 Å². The van der Waals surface area contributed by atoms with Gasteiger partial charge in [-0.05, 0) is 25.2 Å². The first kappa shape index (κ1) is 13.0. The third kappa shape index (κ3) is 4.98. The molecule has 0 radical (unpaired) electrons. The van der Waals surface area contributed by atoms with Gasteiger partial charge in [0.15, 0.2) is 0 Å². The Morgan fingerprint density at radius 2 is 2.12 bits per heavy atom. The number of nitrogens with two attached hydrogens (primary N) is 1. The van der Waals surface area contributed by atoms with E-state index < -0.39 is 5.97 Å². The smallest absolute Gasteiger partial charge is 0.317 e. The van der Waals surface area contributed by atoms with Gasteiger partial charge < -0.3 is 16.2 Å². The fourth-order valence-electron chi connectivity index (χ4n) is 1.35. The topological polar surface area (TPSA) is 95.7 Å². The number of nitrogen functional groups attached to an aromatic ring is 1. The average molecular weight is 237 g/mol. The van der Waals surface area contributed by atoms with E-state index in [1.807, 2.05) is 0 Å². The van der Waals surface area contributed by atoms with Gasteiger partial charge in [-0.25, -0.2) is 0 Å². The van der Waals surface area contributed by atoms with E-state index in [0.717, 1.165) is 0 Å². The van der Waals surface area contributed by atoms with E-state index in [2.05, 4.69) is 5.32 Å². The predicted octanol–water partition coefficient (Wildman–Crippen LogP) is 0.224. The molecular weight excluding hydrogens is 222 g/mol. The van der Waals surface area contributed by atoms with Gasteiger partial charge in [-0.3, -0.25) is 14.5 Å². The maximum Gasteiger partial charge on any atom is 0.317 e. The number of benzene rings is 1. The van der Waals surface area contributed by atoms with Crippen LogP contribution in [0.5, 0.6) is 0 Å². The van der Waals surface area contributed by atoms with Crippen molar-refractivity contribution in [2.45, 2.75) is 0 Å². The van der Waals surface area contributed by atoms with Crippen LogP contribution in [0.4, 0.5) is 11.4 Å². The molecule has 0 aliphatic heterocycles. The molecule has 0 atom stereocenters. The molecule has 0 aliphatic carbocycles. The number of aliphatic carboxylic acids is 1. The molecule has 0 spiro atoms. The minimum absolute atomic E-state index is 0.0150. The van der Waals surface area contributed by atoms with Crippen LogP contribution in [0.25, 0.3) is 0 Å². The van der Waals surface area contributed by atoms with Crippen LogP contribution in [0.3, 0.4) is 0 Å². The second kappa shape index (κ2) is 5.86. The van der Waals surface area contributed by atoms with Gasteiger partial charge in [0.05, 0.1) is 13.1 Å². The van der Waals surface area contributed by atoms with Gasteiger partial charge >= 0.3 is 5.97 Å². The van der Waals surface area contributed by atoms with Crippen molar-refractivity contribution >= 4 is 23.3 Å². The molecule has 0 fully saturated rings. The Balaban J connectivity index is 2.47. The Hall–Kier alpha value is -2.08. The summed E-state index contributed by atoms with van der Waals surface area (Å²) in [4.78, 5) is 23.3. The largest absolute Gasteiger partial charge is 0.480 e. The van der Waals surface area contributed by atoms with Crippen LogP contribution in [0.1, 0.15) is 0 Å². The molecule has 0 heterocycles. The van der Waals surface area contributed by atoms with E-state index in [4.69, 9.17) is 10.8 Å². The molecule has 6 nitrogen and oxygen atoms in total. The normalized spacial score (nSPS) is 10.2. The number of anilines is 2. The Bertz CT molecular complexity index is 420. The minimum Gasteiger partial charge on any atom is -0.480 e. The summed E-state index contributed by atoms with van der Waals surface area (Å²) in [6.07, 6.45) is 0. The van der Waals surface area contributed by atoms with Gasteiger partial charge in [-0.2, -0.15) is 0 Å². The molecular formula is C11H15N3O3. The lowest BCUT2D eigenvalue weighted by Gasteiger charge is -2.13. The van der Waals surface area contributed by atoms with Gasteiger partial charge in [-0.1, -0.05) is 6.07 Å². The highest BCUT2D eigenvalue weighted by atomic mass is 16.4. The second-order valence-electron chi connectivity index (χ2n) is 3.74. The molecule has 6 heteroatoms. The first-order valence-electron chi connectivity index (χ1n) is 5.03. The highest BCUT2D eigenvalue weighted by Crippen LogP contribution is 2.11. The SMILES string of the molecule is CN(CC(=O)O)CC(=O)Nc1cccc(N)c1. The highest BCUT2D eigenvalue weighted by Gasteiger charge is 2.09.